The maximum atomic E-state index is 4.04. The van der Waals surface area contributed by atoms with E-state index in [0.29, 0.717) is 12.1 Å². The maximum Gasteiger partial charge on any atom is 0.0391 e. The van der Waals surface area contributed by atoms with Gasteiger partial charge in [0.1, 0.15) is 0 Å². The molecule has 0 saturated heterocycles. The molecule has 2 unspecified atom stereocenters. The average Bonchev–Trinajstić information content (AvgIpc) is 2.77. The third-order valence-electron chi connectivity index (χ3n) is 2.89. The minimum Gasteiger partial charge on any atom is -0.303 e. The lowest BCUT2D eigenvalue weighted by Gasteiger charge is -2.19. The number of hydrogen-bond donors (Lipinski definition) is 1. The second-order valence-electron chi connectivity index (χ2n) is 4.34. The van der Waals surface area contributed by atoms with E-state index in [0.717, 1.165) is 0 Å². The largest absolute Gasteiger partial charge is 0.303 e. The molecule has 17 heavy (non-hydrogen) atoms. The van der Waals surface area contributed by atoms with Crippen LogP contribution in [0.25, 0.3) is 0 Å². The standard InChI is InChI=1S/C14H18N2S/c1-10-4-5-14(17-10)12(3)16-11(2)13-6-8-15-9-7-13/h4-9,11-12,16H,1-3H3. The van der Waals surface area contributed by atoms with Gasteiger partial charge in [-0.1, -0.05) is 0 Å². The van der Waals surface area contributed by atoms with Gasteiger partial charge in [0.25, 0.3) is 0 Å². The molecule has 90 valence electrons. The lowest BCUT2D eigenvalue weighted by Crippen LogP contribution is -2.21. The molecule has 1 N–H and O–H groups in total. The van der Waals surface area contributed by atoms with Crippen LogP contribution in [0.5, 0.6) is 0 Å². The molecule has 0 spiro atoms. The first-order chi connectivity index (χ1) is 8.16. The van der Waals surface area contributed by atoms with Crippen molar-refractivity contribution in [2.45, 2.75) is 32.9 Å². The van der Waals surface area contributed by atoms with Crippen LogP contribution in [0.3, 0.4) is 0 Å². The van der Waals surface area contributed by atoms with E-state index in [4.69, 9.17) is 0 Å². The van der Waals surface area contributed by atoms with Gasteiger partial charge in [-0.15, -0.1) is 11.3 Å². The van der Waals surface area contributed by atoms with E-state index in [2.05, 4.69) is 55.3 Å². The summed E-state index contributed by atoms with van der Waals surface area (Å²) < 4.78 is 0. The molecule has 2 rings (SSSR count). The zero-order valence-electron chi connectivity index (χ0n) is 10.5. The highest BCUT2D eigenvalue weighted by Crippen LogP contribution is 2.24. The number of rotatable bonds is 4. The number of aromatic nitrogens is 1. The lowest BCUT2D eigenvalue weighted by molar-refractivity contribution is 0.500. The summed E-state index contributed by atoms with van der Waals surface area (Å²) in [4.78, 5) is 6.80. The zero-order chi connectivity index (χ0) is 12.3. The van der Waals surface area contributed by atoms with Gasteiger partial charge < -0.3 is 5.32 Å². The van der Waals surface area contributed by atoms with E-state index in [1.54, 1.807) is 0 Å². The van der Waals surface area contributed by atoms with E-state index in [1.165, 1.54) is 15.3 Å². The highest BCUT2D eigenvalue weighted by molar-refractivity contribution is 7.12. The first kappa shape index (κ1) is 12.3. The van der Waals surface area contributed by atoms with Crippen molar-refractivity contribution in [2.24, 2.45) is 0 Å². The predicted octanol–water partition coefficient (Wildman–Crippen LogP) is 3.86. The normalized spacial score (nSPS) is 14.5. The molecule has 3 heteroatoms. The smallest absolute Gasteiger partial charge is 0.0391 e. The molecule has 2 aromatic rings. The van der Waals surface area contributed by atoms with Crippen LogP contribution in [0.1, 0.15) is 41.2 Å². The van der Waals surface area contributed by atoms with E-state index < -0.39 is 0 Å². The van der Waals surface area contributed by atoms with Crippen molar-refractivity contribution >= 4 is 11.3 Å². The van der Waals surface area contributed by atoms with Crippen molar-refractivity contribution in [3.63, 3.8) is 0 Å². The lowest BCUT2D eigenvalue weighted by atomic mass is 10.1. The van der Waals surface area contributed by atoms with Crippen LogP contribution in [-0.2, 0) is 0 Å². The third-order valence-corrected chi connectivity index (χ3v) is 4.08. The van der Waals surface area contributed by atoms with Gasteiger partial charge in [0, 0.05) is 34.2 Å². The van der Waals surface area contributed by atoms with E-state index in [-0.39, 0.29) is 0 Å². The fourth-order valence-corrected chi connectivity index (χ4v) is 2.78. The highest BCUT2D eigenvalue weighted by Gasteiger charge is 2.12. The number of nitrogens with zero attached hydrogens (tertiary/aromatic N) is 1. The van der Waals surface area contributed by atoms with Crippen molar-refractivity contribution in [1.82, 2.24) is 10.3 Å². The van der Waals surface area contributed by atoms with Gasteiger partial charge in [-0.25, -0.2) is 0 Å². The highest BCUT2D eigenvalue weighted by atomic mass is 32.1. The Morgan fingerprint density at radius 1 is 1.06 bits per heavy atom. The van der Waals surface area contributed by atoms with Crippen LogP contribution in [0.2, 0.25) is 0 Å². The van der Waals surface area contributed by atoms with Gasteiger partial charge in [0.2, 0.25) is 0 Å². The first-order valence-electron chi connectivity index (χ1n) is 5.89. The number of aryl methyl sites for hydroxylation is 1. The monoisotopic (exact) mass is 246 g/mol. The zero-order valence-corrected chi connectivity index (χ0v) is 11.3. The summed E-state index contributed by atoms with van der Waals surface area (Å²) in [7, 11) is 0. The molecule has 2 aromatic heterocycles. The molecule has 0 aliphatic carbocycles. The van der Waals surface area contributed by atoms with E-state index >= 15 is 0 Å². The van der Waals surface area contributed by atoms with Gasteiger partial charge in [-0.2, -0.15) is 0 Å². The van der Waals surface area contributed by atoms with Crippen LogP contribution in [0, 0.1) is 6.92 Å². The van der Waals surface area contributed by atoms with Gasteiger partial charge >= 0.3 is 0 Å². The molecule has 2 nitrogen and oxygen atoms in total. The van der Waals surface area contributed by atoms with Crippen molar-refractivity contribution in [3.8, 4) is 0 Å². The molecule has 2 atom stereocenters. The minimum absolute atomic E-state index is 0.343. The molecule has 2 heterocycles. The maximum absolute atomic E-state index is 4.04. The van der Waals surface area contributed by atoms with Crippen molar-refractivity contribution in [2.75, 3.05) is 0 Å². The molecule has 0 saturated carbocycles. The van der Waals surface area contributed by atoms with Crippen LogP contribution < -0.4 is 5.32 Å². The fourth-order valence-electron chi connectivity index (χ4n) is 1.89. The Bertz CT molecular complexity index is 464. The quantitative estimate of drug-likeness (QED) is 0.886. The molecule has 0 fully saturated rings. The molecule has 0 radical (unpaired) electrons. The Morgan fingerprint density at radius 2 is 1.76 bits per heavy atom. The van der Waals surface area contributed by atoms with Crippen molar-refractivity contribution in [1.29, 1.82) is 0 Å². The summed E-state index contributed by atoms with van der Waals surface area (Å²) in [5, 5.41) is 3.61. The number of hydrogen-bond acceptors (Lipinski definition) is 3. The second-order valence-corrected chi connectivity index (χ2v) is 5.66. The van der Waals surface area contributed by atoms with Crippen LogP contribution in [-0.4, -0.2) is 4.98 Å². The predicted molar refractivity (Wildman–Crippen MR) is 73.3 cm³/mol. The summed E-state index contributed by atoms with van der Waals surface area (Å²) in [5.74, 6) is 0. The molecule has 0 aromatic carbocycles. The SMILES string of the molecule is Cc1ccc(C(C)NC(C)c2ccncc2)s1. The summed E-state index contributed by atoms with van der Waals surface area (Å²) in [5.41, 5.74) is 1.28. The van der Waals surface area contributed by atoms with Crippen LogP contribution >= 0.6 is 11.3 Å². The van der Waals surface area contributed by atoms with Gasteiger partial charge in [0.05, 0.1) is 0 Å². The first-order valence-corrected chi connectivity index (χ1v) is 6.71. The van der Waals surface area contributed by atoms with Gasteiger partial charge in [-0.3, -0.25) is 4.98 Å². The van der Waals surface area contributed by atoms with Crippen molar-refractivity contribution < 1.29 is 0 Å². The Hall–Kier alpha value is -1.19. The van der Waals surface area contributed by atoms with E-state index in [9.17, 15) is 0 Å². The molecular formula is C14H18N2S. The third kappa shape index (κ3) is 3.14. The second kappa shape index (κ2) is 5.43. The number of nitrogens with one attached hydrogen (secondary N) is 1. The Balaban J connectivity index is 2.02. The average molecular weight is 246 g/mol. The topological polar surface area (TPSA) is 24.9 Å². The summed E-state index contributed by atoms with van der Waals surface area (Å²) in [6.07, 6.45) is 3.68. The molecule has 0 amide bonds. The molecule has 0 aliphatic heterocycles. The van der Waals surface area contributed by atoms with Crippen molar-refractivity contribution in [3.05, 3.63) is 52.0 Å². The van der Waals surface area contributed by atoms with Gasteiger partial charge in [0.15, 0.2) is 0 Å². The van der Waals surface area contributed by atoms with E-state index in [1.807, 2.05) is 23.7 Å². The van der Waals surface area contributed by atoms with Crippen LogP contribution in [0.4, 0.5) is 0 Å². The number of thiophene rings is 1. The Kier molecular flexibility index (Phi) is 3.92. The Morgan fingerprint density at radius 3 is 2.35 bits per heavy atom. The van der Waals surface area contributed by atoms with Gasteiger partial charge in [-0.05, 0) is 50.6 Å². The minimum atomic E-state index is 0.343. The fraction of sp³-hybridized carbons (Fsp3) is 0.357. The number of pyridine rings is 1. The summed E-state index contributed by atoms with van der Waals surface area (Å²) >= 11 is 1.86. The van der Waals surface area contributed by atoms with Crippen LogP contribution in [0.15, 0.2) is 36.7 Å². The molecule has 0 aliphatic rings. The summed E-state index contributed by atoms with van der Waals surface area (Å²) in [6.45, 7) is 6.54. The molecule has 0 bridgehead atoms. The Labute approximate surface area is 107 Å². The molecular weight excluding hydrogens is 228 g/mol. The summed E-state index contributed by atoms with van der Waals surface area (Å²) in [6, 6.07) is 9.23.